The lowest BCUT2D eigenvalue weighted by Gasteiger charge is -2.01. The van der Waals surface area contributed by atoms with Crippen molar-refractivity contribution in [1.29, 1.82) is 0 Å². The molecule has 1 aliphatic heterocycles. The Morgan fingerprint density at radius 1 is 1.62 bits per heavy atom. The number of nitrogens with zero attached hydrogens (tertiary/aromatic N) is 2. The van der Waals surface area contributed by atoms with Crippen molar-refractivity contribution in [1.82, 2.24) is 15.5 Å². The molecule has 5 heteroatoms. The minimum Gasteiger partial charge on any atom is -0.396 e. The average Bonchev–Trinajstić information content (AvgIpc) is 2.70. The Morgan fingerprint density at radius 3 is 3.23 bits per heavy atom. The lowest BCUT2D eigenvalue weighted by molar-refractivity contribution is 0.291. The number of hydrogen-bond donors (Lipinski definition) is 2. The second-order valence-electron chi connectivity index (χ2n) is 3.17. The van der Waals surface area contributed by atoms with Gasteiger partial charge in [-0.05, 0) is 19.4 Å². The molecule has 0 bridgehead atoms. The molecule has 0 aromatic carbocycles. The van der Waals surface area contributed by atoms with E-state index in [9.17, 15) is 0 Å². The Labute approximate surface area is 76.1 Å². The van der Waals surface area contributed by atoms with Gasteiger partial charge in [0.05, 0.1) is 12.6 Å². The molecular formula is C8H13N3O2. The summed E-state index contributed by atoms with van der Waals surface area (Å²) in [5, 5.41) is 15.7. The molecule has 5 nitrogen and oxygen atoms in total. The van der Waals surface area contributed by atoms with Crippen molar-refractivity contribution in [3.8, 4) is 0 Å². The first-order chi connectivity index (χ1) is 6.40. The molecule has 0 amide bonds. The third kappa shape index (κ3) is 1.87. The van der Waals surface area contributed by atoms with Crippen LogP contribution in [-0.4, -0.2) is 28.4 Å². The second kappa shape index (κ2) is 3.85. The monoisotopic (exact) mass is 183 g/mol. The highest BCUT2D eigenvalue weighted by Crippen LogP contribution is 2.20. The van der Waals surface area contributed by atoms with Crippen molar-refractivity contribution in [3.05, 3.63) is 11.7 Å². The van der Waals surface area contributed by atoms with Gasteiger partial charge in [-0.2, -0.15) is 4.98 Å². The summed E-state index contributed by atoms with van der Waals surface area (Å²) in [7, 11) is 0. The maximum Gasteiger partial charge on any atom is 0.243 e. The number of hydrogen-bond acceptors (Lipinski definition) is 5. The summed E-state index contributed by atoms with van der Waals surface area (Å²) in [5.74, 6) is 1.24. The van der Waals surface area contributed by atoms with Crippen LogP contribution in [-0.2, 0) is 6.42 Å². The Bertz CT molecular complexity index is 268. The summed E-state index contributed by atoms with van der Waals surface area (Å²) in [5.41, 5.74) is 0. The van der Waals surface area contributed by atoms with Gasteiger partial charge in [-0.25, -0.2) is 0 Å². The van der Waals surface area contributed by atoms with Gasteiger partial charge in [0.25, 0.3) is 0 Å². The molecule has 1 aliphatic rings. The maximum atomic E-state index is 8.66. The number of rotatable bonds is 3. The van der Waals surface area contributed by atoms with Gasteiger partial charge >= 0.3 is 0 Å². The van der Waals surface area contributed by atoms with Gasteiger partial charge in [0.15, 0.2) is 5.82 Å². The van der Waals surface area contributed by atoms with Crippen LogP contribution in [0.15, 0.2) is 4.52 Å². The zero-order chi connectivity index (χ0) is 9.10. The van der Waals surface area contributed by atoms with Crippen LogP contribution in [0.2, 0.25) is 0 Å². The molecule has 0 spiro atoms. The highest BCUT2D eigenvalue weighted by Gasteiger charge is 2.21. The van der Waals surface area contributed by atoms with Gasteiger partial charge in [0.1, 0.15) is 0 Å². The highest BCUT2D eigenvalue weighted by molar-refractivity contribution is 4.95. The van der Waals surface area contributed by atoms with Crippen LogP contribution in [0.25, 0.3) is 0 Å². The number of nitrogens with one attached hydrogen (secondary N) is 1. The van der Waals surface area contributed by atoms with Crippen molar-refractivity contribution in [2.45, 2.75) is 25.3 Å². The van der Waals surface area contributed by atoms with E-state index in [1.165, 1.54) is 0 Å². The fraction of sp³-hybridized carbons (Fsp3) is 0.750. The Balaban J connectivity index is 2.03. The molecule has 0 saturated carbocycles. The Kier molecular flexibility index (Phi) is 2.56. The van der Waals surface area contributed by atoms with E-state index in [0.29, 0.717) is 18.1 Å². The number of aliphatic hydroxyl groups excluding tert-OH is 1. The molecule has 1 aromatic rings. The van der Waals surface area contributed by atoms with E-state index in [0.717, 1.165) is 19.4 Å². The van der Waals surface area contributed by atoms with Crippen molar-refractivity contribution in [3.63, 3.8) is 0 Å². The van der Waals surface area contributed by atoms with Crippen LogP contribution < -0.4 is 5.32 Å². The predicted molar refractivity (Wildman–Crippen MR) is 45.1 cm³/mol. The van der Waals surface area contributed by atoms with Gasteiger partial charge in [0, 0.05) is 6.42 Å². The molecule has 13 heavy (non-hydrogen) atoms. The van der Waals surface area contributed by atoms with Crippen LogP contribution in [0.5, 0.6) is 0 Å². The fourth-order valence-electron chi connectivity index (χ4n) is 1.51. The van der Waals surface area contributed by atoms with E-state index < -0.39 is 0 Å². The zero-order valence-electron chi connectivity index (χ0n) is 7.36. The SMILES string of the molecule is OCCc1noc([C@H]2CCCN2)n1. The van der Waals surface area contributed by atoms with Gasteiger partial charge in [-0.15, -0.1) is 0 Å². The van der Waals surface area contributed by atoms with Gasteiger partial charge in [0.2, 0.25) is 5.89 Å². The first kappa shape index (κ1) is 8.65. The van der Waals surface area contributed by atoms with Crippen LogP contribution in [0.4, 0.5) is 0 Å². The molecule has 1 aromatic heterocycles. The Hall–Kier alpha value is -0.940. The van der Waals surface area contributed by atoms with Crippen LogP contribution in [0, 0.1) is 0 Å². The Morgan fingerprint density at radius 2 is 2.54 bits per heavy atom. The zero-order valence-corrected chi connectivity index (χ0v) is 7.36. The van der Waals surface area contributed by atoms with E-state index in [2.05, 4.69) is 15.5 Å². The first-order valence-corrected chi connectivity index (χ1v) is 4.57. The van der Waals surface area contributed by atoms with Gasteiger partial charge in [-0.3, -0.25) is 0 Å². The predicted octanol–water partition coefficient (Wildman–Crippen LogP) is 0.0289. The smallest absolute Gasteiger partial charge is 0.243 e. The topological polar surface area (TPSA) is 71.2 Å². The van der Waals surface area contributed by atoms with Gasteiger partial charge in [-0.1, -0.05) is 5.16 Å². The largest absolute Gasteiger partial charge is 0.396 e. The van der Waals surface area contributed by atoms with E-state index in [-0.39, 0.29) is 12.6 Å². The molecule has 72 valence electrons. The third-order valence-corrected chi connectivity index (χ3v) is 2.18. The number of aromatic nitrogens is 2. The molecular weight excluding hydrogens is 170 g/mol. The normalized spacial score (nSPS) is 22.4. The lowest BCUT2D eigenvalue weighted by atomic mass is 10.2. The summed E-state index contributed by atoms with van der Waals surface area (Å²) in [6.07, 6.45) is 2.68. The standard InChI is InChI=1S/C8H13N3O2/c12-5-3-7-10-8(13-11-7)6-2-1-4-9-6/h6,9,12H,1-5H2/t6-/m1/s1. The summed E-state index contributed by atoms with van der Waals surface area (Å²) in [6, 6.07) is 0.222. The van der Waals surface area contributed by atoms with Crippen molar-refractivity contribution in [2.24, 2.45) is 0 Å². The molecule has 1 atom stereocenters. The average molecular weight is 183 g/mol. The summed E-state index contributed by atoms with van der Waals surface area (Å²) < 4.78 is 5.07. The molecule has 2 heterocycles. The lowest BCUT2D eigenvalue weighted by Crippen LogP contribution is -2.13. The summed E-state index contributed by atoms with van der Waals surface area (Å²) in [6.45, 7) is 1.08. The number of aliphatic hydroxyl groups is 1. The van der Waals surface area contributed by atoms with E-state index >= 15 is 0 Å². The first-order valence-electron chi connectivity index (χ1n) is 4.57. The minimum atomic E-state index is 0.0665. The molecule has 0 aliphatic carbocycles. The molecule has 0 unspecified atom stereocenters. The molecule has 1 saturated heterocycles. The fourth-order valence-corrected chi connectivity index (χ4v) is 1.51. The van der Waals surface area contributed by atoms with E-state index in [1.807, 2.05) is 0 Å². The van der Waals surface area contributed by atoms with Crippen molar-refractivity contribution in [2.75, 3.05) is 13.2 Å². The summed E-state index contributed by atoms with van der Waals surface area (Å²) >= 11 is 0. The molecule has 2 N–H and O–H groups in total. The molecule has 2 rings (SSSR count). The van der Waals surface area contributed by atoms with Crippen LogP contribution in [0.1, 0.15) is 30.6 Å². The molecule has 1 fully saturated rings. The quantitative estimate of drug-likeness (QED) is 0.691. The van der Waals surface area contributed by atoms with E-state index in [1.54, 1.807) is 0 Å². The third-order valence-electron chi connectivity index (χ3n) is 2.18. The highest BCUT2D eigenvalue weighted by atomic mass is 16.5. The van der Waals surface area contributed by atoms with Crippen molar-refractivity contribution < 1.29 is 9.63 Å². The minimum absolute atomic E-state index is 0.0665. The second-order valence-corrected chi connectivity index (χ2v) is 3.17. The molecule has 0 radical (unpaired) electrons. The van der Waals surface area contributed by atoms with Crippen LogP contribution in [0.3, 0.4) is 0 Å². The van der Waals surface area contributed by atoms with Crippen molar-refractivity contribution >= 4 is 0 Å². The van der Waals surface area contributed by atoms with Gasteiger partial charge < -0.3 is 14.9 Å². The van der Waals surface area contributed by atoms with E-state index in [4.69, 9.17) is 9.63 Å². The summed E-state index contributed by atoms with van der Waals surface area (Å²) in [4.78, 5) is 4.18. The maximum absolute atomic E-state index is 8.66. The van der Waals surface area contributed by atoms with Crippen LogP contribution >= 0.6 is 0 Å².